The van der Waals surface area contributed by atoms with Gasteiger partial charge in [0.2, 0.25) is 5.78 Å². The van der Waals surface area contributed by atoms with Crippen molar-refractivity contribution in [1.82, 2.24) is 0 Å². The summed E-state index contributed by atoms with van der Waals surface area (Å²) >= 11 is 1.36. The van der Waals surface area contributed by atoms with Crippen LogP contribution in [0.1, 0.15) is 42.5 Å². The van der Waals surface area contributed by atoms with E-state index in [2.05, 4.69) is 10.1 Å². The minimum atomic E-state index is -0.290. The van der Waals surface area contributed by atoms with Gasteiger partial charge in [-0.2, -0.15) is 0 Å². The normalized spacial score (nSPS) is 17.8. The van der Waals surface area contributed by atoms with Crippen molar-refractivity contribution < 1.29 is 10.0 Å². The number of thioether (sulfide) groups is 1. The summed E-state index contributed by atoms with van der Waals surface area (Å²) in [4.78, 5) is 17.1. The lowest BCUT2D eigenvalue weighted by Crippen LogP contribution is -2.24. The van der Waals surface area contributed by atoms with E-state index in [4.69, 9.17) is 0 Å². The largest absolute Gasteiger partial charge is 0.410 e. The third-order valence-corrected chi connectivity index (χ3v) is 4.31. The number of Topliss-reactive ketones (excluding diaryl/α,β-unsaturated/α-hetero) is 1. The molecule has 0 bridgehead atoms. The van der Waals surface area contributed by atoms with E-state index in [1.165, 1.54) is 31.0 Å². The maximum absolute atomic E-state index is 12.4. The van der Waals surface area contributed by atoms with Gasteiger partial charge in [0.25, 0.3) is 0 Å². The predicted octanol–water partition coefficient (Wildman–Crippen LogP) is 3.79. The van der Waals surface area contributed by atoms with Gasteiger partial charge in [0.1, 0.15) is 5.04 Å². The molecule has 112 valence electrons. The maximum atomic E-state index is 12.4. The molecular formula is C16H20N2O2S. The van der Waals surface area contributed by atoms with E-state index in [0.717, 1.165) is 12.8 Å². The summed E-state index contributed by atoms with van der Waals surface area (Å²) in [6.07, 6.45) is 7.54. The average molecular weight is 304 g/mol. The highest BCUT2D eigenvalue weighted by Crippen LogP contribution is 2.22. The minimum absolute atomic E-state index is 0.0410. The summed E-state index contributed by atoms with van der Waals surface area (Å²) in [5.41, 5.74) is 0.551. The van der Waals surface area contributed by atoms with Crippen LogP contribution >= 0.6 is 11.8 Å². The molecular weight excluding hydrogens is 284 g/mol. The fraction of sp³-hybridized carbons (Fsp3) is 0.438. The Kier molecular flexibility index (Phi) is 5.99. The molecule has 1 fully saturated rings. The number of nitrogens with zero attached hydrogens (tertiary/aromatic N) is 2. The number of hydrogen-bond donors (Lipinski definition) is 1. The lowest BCUT2D eigenvalue weighted by atomic mass is 9.96. The summed E-state index contributed by atoms with van der Waals surface area (Å²) < 4.78 is 0. The number of carbonyl (C=O) groups excluding carboxylic acids is 1. The van der Waals surface area contributed by atoms with Gasteiger partial charge in [0.15, 0.2) is 5.71 Å². The van der Waals surface area contributed by atoms with Crippen LogP contribution in [0.2, 0.25) is 0 Å². The highest BCUT2D eigenvalue weighted by Gasteiger charge is 2.22. The first-order chi connectivity index (χ1) is 10.3. The summed E-state index contributed by atoms with van der Waals surface area (Å²) in [6.45, 7) is 0. The number of rotatable bonds is 4. The lowest BCUT2D eigenvalue weighted by Gasteiger charge is -2.18. The molecule has 2 rings (SSSR count). The Morgan fingerprint density at radius 3 is 2.43 bits per heavy atom. The van der Waals surface area contributed by atoms with Gasteiger partial charge >= 0.3 is 0 Å². The van der Waals surface area contributed by atoms with Crippen molar-refractivity contribution in [2.75, 3.05) is 6.26 Å². The number of carbonyl (C=O) groups is 1. The van der Waals surface area contributed by atoms with Crippen LogP contribution in [-0.4, -0.2) is 34.0 Å². The molecule has 0 amide bonds. The van der Waals surface area contributed by atoms with Gasteiger partial charge in [0, 0.05) is 5.56 Å². The molecule has 0 heterocycles. The smallest absolute Gasteiger partial charge is 0.217 e. The zero-order chi connectivity index (χ0) is 15.1. The molecule has 0 radical (unpaired) electrons. The lowest BCUT2D eigenvalue weighted by molar-refractivity contribution is 0.106. The standard InChI is InChI=1S/C16H20N2O2S/c1-21-16(17-13-10-6-3-7-11-13)14(18-20)15(19)12-8-4-2-5-9-12/h2,4-5,8-9,13,20H,3,6-7,10-11H2,1H3/b17-16?,18-14+. The molecule has 1 aliphatic rings. The van der Waals surface area contributed by atoms with E-state index in [9.17, 15) is 10.0 Å². The van der Waals surface area contributed by atoms with Crippen LogP contribution in [0.4, 0.5) is 0 Å². The first kappa shape index (κ1) is 15.8. The van der Waals surface area contributed by atoms with Gasteiger partial charge in [-0.05, 0) is 19.1 Å². The molecule has 1 aromatic rings. The van der Waals surface area contributed by atoms with Crippen molar-refractivity contribution in [1.29, 1.82) is 0 Å². The van der Waals surface area contributed by atoms with E-state index in [1.807, 2.05) is 12.3 Å². The van der Waals surface area contributed by atoms with Gasteiger partial charge in [-0.3, -0.25) is 9.79 Å². The fourth-order valence-corrected chi connectivity index (χ4v) is 3.08. The van der Waals surface area contributed by atoms with Crippen molar-refractivity contribution in [3.8, 4) is 0 Å². The summed E-state index contributed by atoms with van der Waals surface area (Å²) in [5, 5.41) is 13.0. The summed E-state index contributed by atoms with van der Waals surface area (Å²) in [7, 11) is 0. The molecule has 0 aliphatic heterocycles. The third kappa shape index (κ3) is 4.17. The molecule has 1 aliphatic carbocycles. The van der Waals surface area contributed by atoms with Crippen LogP contribution in [0.5, 0.6) is 0 Å². The number of ketones is 1. The van der Waals surface area contributed by atoms with Crippen LogP contribution in [0, 0.1) is 0 Å². The van der Waals surface area contributed by atoms with E-state index < -0.39 is 0 Å². The summed E-state index contributed by atoms with van der Waals surface area (Å²) in [6, 6.07) is 9.09. The molecule has 1 aromatic carbocycles. The Bertz CT molecular complexity index is 534. The molecule has 0 spiro atoms. The number of aliphatic imine (C=N–C) groups is 1. The second-order valence-electron chi connectivity index (χ2n) is 5.07. The summed E-state index contributed by atoms with van der Waals surface area (Å²) in [5.74, 6) is -0.290. The SMILES string of the molecule is CSC(=NC1CCCCC1)/C(=N/O)C(=O)c1ccccc1. The molecule has 0 saturated heterocycles. The topological polar surface area (TPSA) is 62.0 Å². The zero-order valence-corrected chi connectivity index (χ0v) is 13.0. The van der Waals surface area contributed by atoms with E-state index in [-0.39, 0.29) is 17.5 Å². The Morgan fingerprint density at radius 2 is 1.86 bits per heavy atom. The number of benzene rings is 1. The van der Waals surface area contributed by atoms with E-state index in [0.29, 0.717) is 10.6 Å². The molecule has 0 unspecified atom stereocenters. The van der Waals surface area contributed by atoms with E-state index >= 15 is 0 Å². The van der Waals surface area contributed by atoms with Crippen LogP contribution in [0.25, 0.3) is 0 Å². The van der Waals surface area contributed by atoms with Gasteiger partial charge in [-0.25, -0.2) is 0 Å². The van der Waals surface area contributed by atoms with Gasteiger partial charge in [-0.15, -0.1) is 11.8 Å². The molecule has 1 N–H and O–H groups in total. The quantitative estimate of drug-likeness (QED) is 0.303. The molecule has 4 nitrogen and oxygen atoms in total. The Balaban J connectivity index is 2.21. The second kappa shape index (κ2) is 7.98. The molecule has 0 aromatic heterocycles. The highest BCUT2D eigenvalue weighted by atomic mass is 32.2. The van der Waals surface area contributed by atoms with Crippen molar-refractivity contribution in [3.05, 3.63) is 35.9 Å². The highest BCUT2D eigenvalue weighted by molar-refractivity contribution is 8.15. The third-order valence-electron chi connectivity index (χ3n) is 3.62. The molecule has 5 heteroatoms. The van der Waals surface area contributed by atoms with Crippen molar-refractivity contribution in [2.24, 2.45) is 10.1 Å². The fourth-order valence-electron chi connectivity index (χ4n) is 2.50. The average Bonchev–Trinajstić information content (AvgIpc) is 2.56. The molecule has 0 atom stereocenters. The van der Waals surface area contributed by atoms with Gasteiger partial charge in [0.05, 0.1) is 6.04 Å². The van der Waals surface area contributed by atoms with Gasteiger partial charge in [-0.1, -0.05) is 54.8 Å². The Labute approximate surface area is 129 Å². The van der Waals surface area contributed by atoms with Crippen LogP contribution < -0.4 is 0 Å². The Morgan fingerprint density at radius 1 is 1.19 bits per heavy atom. The van der Waals surface area contributed by atoms with Crippen molar-refractivity contribution in [3.63, 3.8) is 0 Å². The Hall–Kier alpha value is -1.62. The van der Waals surface area contributed by atoms with Crippen LogP contribution in [-0.2, 0) is 0 Å². The van der Waals surface area contributed by atoms with E-state index in [1.54, 1.807) is 24.3 Å². The number of oxime groups is 1. The first-order valence-corrected chi connectivity index (χ1v) is 8.42. The predicted molar refractivity (Wildman–Crippen MR) is 87.8 cm³/mol. The first-order valence-electron chi connectivity index (χ1n) is 7.20. The number of hydrogen-bond acceptors (Lipinski definition) is 5. The second-order valence-corrected chi connectivity index (χ2v) is 5.87. The zero-order valence-electron chi connectivity index (χ0n) is 12.2. The minimum Gasteiger partial charge on any atom is -0.410 e. The maximum Gasteiger partial charge on any atom is 0.217 e. The van der Waals surface area contributed by atoms with Crippen molar-refractivity contribution in [2.45, 2.75) is 38.1 Å². The van der Waals surface area contributed by atoms with Crippen LogP contribution in [0.15, 0.2) is 40.5 Å². The monoisotopic (exact) mass is 304 g/mol. The molecule has 1 saturated carbocycles. The van der Waals surface area contributed by atoms with Crippen molar-refractivity contribution >= 4 is 28.3 Å². The van der Waals surface area contributed by atoms with Crippen LogP contribution in [0.3, 0.4) is 0 Å². The van der Waals surface area contributed by atoms with Gasteiger partial charge < -0.3 is 5.21 Å². The molecule has 21 heavy (non-hydrogen) atoms.